The summed E-state index contributed by atoms with van der Waals surface area (Å²) in [6.07, 6.45) is 6.31. The molecule has 4 aliphatic carbocycles. The molecule has 4 saturated carbocycles. The first-order valence-electron chi connectivity index (χ1n) is 13.6. The summed E-state index contributed by atoms with van der Waals surface area (Å²) in [5.41, 5.74) is 0.382. The third-order valence-corrected chi connectivity index (χ3v) is 11.9. The number of hydrogen-bond acceptors (Lipinski definition) is 4. The van der Waals surface area contributed by atoms with Crippen molar-refractivity contribution >= 4 is 0 Å². The number of aliphatic hydroxyl groups is 4. The molecule has 4 nitrogen and oxygen atoms in total. The zero-order valence-electron chi connectivity index (χ0n) is 21.4. The van der Waals surface area contributed by atoms with Crippen molar-refractivity contribution in [3.63, 3.8) is 0 Å². The molecule has 0 heterocycles. The smallest absolute Gasteiger partial charge is 0.0830 e. The summed E-state index contributed by atoms with van der Waals surface area (Å²) in [7, 11) is 0. The Morgan fingerprint density at radius 2 is 1.41 bits per heavy atom. The van der Waals surface area contributed by atoms with Crippen molar-refractivity contribution in [2.75, 3.05) is 0 Å². The van der Waals surface area contributed by atoms with Crippen molar-refractivity contribution in [1.29, 1.82) is 0 Å². The molecule has 186 valence electrons. The Morgan fingerprint density at radius 1 is 0.750 bits per heavy atom. The standard InChI is InChI=1S/C28H50O4/c1-15(2)16(3)25(31)26(32)17(4)20-9-10-21-19-8-7-18-13-23(29)24(30)14-28(18,6)22(19)11-12-27(20,21)5/h15-26,29-32H,7-14H2,1-6H3/t16-,17-,18-,19?,20?,21?,22?,23-,24+,25+,26+,27+,28-/m0/s1. The van der Waals surface area contributed by atoms with Crippen molar-refractivity contribution in [3.05, 3.63) is 0 Å². The highest BCUT2D eigenvalue weighted by Gasteiger charge is 2.62. The largest absolute Gasteiger partial charge is 0.390 e. The van der Waals surface area contributed by atoms with Crippen molar-refractivity contribution in [2.24, 2.45) is 58.2 Å². The summed E-state index contributed by atoms with van der Waals surface area (Å²) >= 11 is 0. The van der Waals surface area contributed by atoms with Crippen LogP contribution in [0.3, 0.4) is 0 Å². The monoisotopic (exact) mass is 450 g/mol. The third-order valence-electron chi connectivity index (χ3n) is 11.9. The zero-order chi connectivity index (χ0) is 23.6. The summed E-state index contributed by atoms with van der Waals surface area (Å²) < 4.78 is 0. The highest BCUT2D eigenvalue weighted by Crippen LogP contribution is 2.68. The second-order valence-corrected chi connectivity index (χ2v) is 13.4. The summed E-state index contributed by atoms with van der Waals surface area (Å²) in [5.74, 6) is 3.59. The fourth-order valence-electron chi connectivity index (χ4n) is 9.43. The number of aliphatic hydroxyl groups excluding tert-OH is 4. The SMILES string of the molecule is CC(C)[C@H](C)[C@@H](O)[C@H](O)[C@@H](C)C1CCC2C3CC[C@H]4C[C@H](O)[C@H](O)C[C@]4(C)C3CC[C@@]21C. The van der Waals surface area contributed by atoms with Gasteiger partial charge in [0, 0.05) is 0 Å². The average molecular weight is 451 g/mol. The van der Waals surface area contributed by atoms with Crippen LogP contribution in [0, 0.1) is 58.2 Å². The maximum Gasteiger partial charge on any atom is 0.0830 e. The van der Waals surface area contributed by atoms with Crippen LogP contribution in [-0.4, -0.2) is 44.8 Å². The highest BCUT2D eigenvalue weighted by atomic mass is 16.3. The van der Waals surface area contributed by atoms with Crippen molar-refractivity contribution in [2.45, 2.75) is 117 Å². The minimum Gasteiger partial charge on any atom is -0.390 e. The van der Waals surface area contributed by atoms with Crippen LogP contribution in [0.1, 0.15) is 92.9 Å². The van der Waals surface area contributed by atoms with E-state index >= 15 is 0 Å². The topological polar surface area (TPSA) is 80.9 Å². The minimum absolute atomic E-state index is 0.0940. The summed E-state index contributed by atoms with van der Waals surface area (Å²) in [6.45, 7) is 13.4. The molecular weight excluding hydrogens is 400 g/mol. The molecule has 0 aromatic rings. The van der Waals surface area contributed by atoms with E-state index in [9.17, 15) is 20.4 Å². The second-order valence-electron chi connectivity index (χ2n) is 13.4. The van der Waals surface area contributed by atoms with Gasteiger partial charge in [-0.2, -0.15) is 0 Å². The van der Waals surface area contributed by atoms with Crippen LogP contribution in [0.4, 0.5) is 0 Å². The zero-order valence-corrected chi connectivity index (χ0v) is 21.4. The molecule has 32 heavy (non-hydrogen) atoms. The molecule has 0 bridgehead atoms. The lowest BCUT2D eigenvalue weighted by Gasteiger charge is -2.61. The molecule has 4 rings (SSSR count). The Labute approximate surface area is 196 Å². The molecule has 0 amide bonds. The molecule has 0 saturated heterocycles. The van der Waals surface area contributed by atoms with Crippen LogP contribution in [0.25, 0.3) is 0 Å². The molecule has 0 aliphatic heterocycles. The van der Waals surface area contributed by atoms with E-state index in [2.05, 4.69) is 41.5 Å². The molecule has 4 aliphatic rings. The van der Waals surface area contributed by atoms with E-state index in [0.717, 1.165) is 19.3 Å². The number of hydrogen-bond donors (Lipinski definition) is 4. The van der Waals surface area contributed by atoms with E-state index < -0.39 is 24.4 Å². The van der Waals surface area contributed by atoms with E-state index in [4.69, 9.17) is 0 Å². The first-order valence-corrected chi connectivity index (χ1v) is 13.6. The predicted molar refractivity (Wildman–Crippen MR) is 128 cm³/mol. The van der Waals surface area contributed by atoms with Gasteiger partial charge in [-0.1, -0.05) is 41.5 Å². The van der Waals surface area contributed by atoms with E-state index in [-0.39, 0.29) is 22.7 Å². The highest BCUT2D eigenvalue weighted by molar-refractivity contribution is 5.11. The van der Waals surface area contributed by atoms with Crippen LogP contribution >= 0.6 is 0 Å². The van der Waals surface area contributed by atoms with Crippen molar-refractivity contribution in [1.82, 2.24) is 0 Å². The Hall–Kier alpha value is -0.160. The van der Waals surface area contributed by atoms with Gasteiger partial charge in [0.25, 0.3) is 0 Å². The van der Waals surface area contributed by atoms with E-state index in [1.807, 2.05) is 0 Å². The minimum atomic E-state index is -0.659. The number of rotatable bonds is 5. The van der Waals surface area contributed by atoms with E-state index in [1.165, 1.54) is 32.1 Å². The van der Waals surface area contributed by atoms with Gasteiger partial charge in [0.1, 0.15) is 0 Å². The maximum atomic E-state index is 11.2. The maximum absolute atomic E-state index is 11.2. The van der Waals surface area contributed by atoms with Gasteiger partial charge in [-0.15, -0.1) is 0 Å². The van der Waals surface area contributed by atoms with Crippen LogP contribution in [0.5, 0.6) is 0 Å². The predicted octanol–water partition coefficient (Wildman–Crippen LogP) is 4.63. The van der Waals surface area contributed by atoms with Crippen molar-refractivity contribution in [3.8, 4) is 0 Å². The lowest BCUT2D eigenvalue weighted by molar-refractivity contribution is -0.163. The van der Waals surface area contributed by atoms with Gasteiger partial charge in [-0.25, -0.2) is 0 Å². The summed E-state index contributed by atoms with van der Waals surface area (Å²) in [5, 5.41) is 42.8. The van der Waals surface area contributed by atoms with Crippen LogP contribution in [-0.2, 0) is 0 Å². The van der Waals surface area contributed by atoms with Gasteiger partial charge in [0.15, 0.2) is 0 Å². The lowest BCUT2D eigenvalue weighted by Crippen LogP contribution is -2.57. The molecule has 4 fully saturated rings. The van der Waals surface area contributed by atoms with Gasteiger partial charge >= 0.3 is 0 Å². The third kappa shape index (κ3) is 3.80. The van der Waals surface area contributed by atoms with Gasteiger partial charge in [-0.05, 0) is 110 Å². The Bertz CT molecular complexity index is 666. The fraction of sp³-hybridized carbons (Fsp3) is 1.00. The Balaban J connectivity index is 1.52. The first-order chi connectivity index (χ1) is 14.9. The molecule has 0 spiro atoms. The van der Waals surface area contributed by atoms with Gasteiger partial charge in [0.05, 0.1) is 24.4 Å². The summed E-state index contributed by atoms with van der Waals surface area (Å²) in [6, 6.07) is 0. The van der Waals surface area contributed by atoms with Gasteiger partial charge < -0.3 is 20.4 Å². The number of fused-ring (bicyclic) bond motifs is 5. The van der Waals surface area contributed by atoms with Crippen LogP contribution in [0.15, 0.2) is 0 Å². The first kappa shape index (κ1) is 24.9. The second kappa shape index (κ2) is 8.81. The van der Waals surface area contributed by atoms with Crippen LogP contribution in [0.2, 0.25) is 0 Å². The lowest BCUT2D eigenvalue weighted by atomic mass is 9.44. The molecule has 4 heteroatoms. The Morgan fingerprint density at radius 3 is 2.06 bits per heavy atom. The van der Waals surface area contributed by atoms with E-state index in [0.29, 0.717) is 35.5 Å². The van der Waals surface area contributed by atoms with Crippen molar-refractivity contribution < 1.29 is 20.4 Å². The quantitative estimate of drug-likeness (QED) is 0.492. The molecule has 13 atom stereocenters. The Kier molecular flexibility index (Phi) is 6.87. The van der Waals surface area contributed by atoms with Crippen LogP contribution < -0.4 is 0 Å². The molecule has 0 aromatic heterocycles. The average Bonchev–Trinajstić information content (AvgIpc) is 3.09. The van der Waals surface area contributed by atoms with Gasteiger partial charge in [-0.3, -0.25) is 0 Å². The normalized spacial score (nSPS) is 50.2. The van der Waals surface area contributed by atoms with Gasteiger partial charge in [0.2, 0.25) is 0 Å². The molecule has 0 radical (unpaired) electrons. The van der Waals surface area contributed by atoms with E-state index in [1.54, 1.807) is 0 Å². The molecule has 4 N–H and O–H groups in total. The fourth-order valence-corrected chi connectivity index (χ4v) is 9.43. The molecule has 4 unspecified atom stereocenters. The summed E-state index contributed by atoms with van der Waals surface area (Å²) in [4.78, 5) is 0. The molecular formula is C28H50O4. The molecule has 0 aromatic carbocycles.